The lowest BCUT2D eigenvalue weighted by atomic mass is 9.71. The normalized spacial score (nSPS) is 25.1. The molecular weight excluding hydrogens is 382 g/mol. The summed E-state index contributed by atoms with van der Waals surface area (Å²) in [4.78, 5) is 27.1. The molecule has 2 heterocycles. The molecule has 1 saturated carbocycles. The fourth-order valence-corrected chi connectivity index (χ4v) is 5.05. The molecule has 0 bridgehead atoms. The number of aryl methyl sites for hydroxylation is 2. The summed E-state index contributed by atoms with van der Waals surface area (Å²) in [5.74, 6) is 0.639. The van der Waals surface area contributed by atoms with Crippen LogP contribution in [0.1, 0.15) is 55.7 Å². The van der Waals surface area contributed by atoms with E-state index in [0.29, 0.717) is 36.4 Å². The molecule has 1 aromatic carbocycles. The molecule has 1 aliphatic heterocycles. The van der Waals surface area contributed by atoms with E-state index in [-0.39, 0.29) is 17.5 Å². The number of aliphatic hydroxyl groups is 1. The highest BCUT2D eigenvalue weighted by Gasteiger charge is 2.44. The molecular formula is C24H31NO5. The molecule has 162 valence electrons. The number of rotatable bonds is 3. The SMILES string of the molecule is Cc1cc(O[C@@H](C)C(=O)N2CC[C@]3(O)CCCC[C@H]3C2)c2c(C)c(C)c(=O)oc2c1. The summed E-state index contributed by atoms with van der Waals surface area (Å²) >= 11 is 0. The van der Waals surface area contributed by atoms with Crippen molar-refractivity contribution in [1.29, 1.82) is 0 Å². The Balaban J connectivity index is 1.57. The molecule has 2 aliphatic rings. The Morgan fingerprint density at radius 3 is 2.77 bits per heavy atom. The lowest BCUT2D eigenvalue weighted by Gasteiger charge is -2.47. The van der Waals surface area contributed by atoms with E-state index in [4.69, 9.17) is 9.15 Å². The van der Waals surface area contributed by atoms with Gasteiger partial charge >= 0.3 is 5.63 Å². The topological polar surface area (TPSA) is 80.0 Å². The molecule has 3 atom stereocenters. The van der Waals surface area contributed by atoms with Gasteiger partial charge < -0.3 is 19.2 Å². The van der Waals surface area contributed by atoms with Crippen molar-refractivity contribution in [1.82, 2.24) is 4.90 Å². The number of ether oxygens (including phenoxy) is 1. The number of hydrogen-bond donors (Lipinski definition) is 1. The maximum absolute atomic E-state index is 13.2. The molecule has 0 unspecified atom stereocenters. The number of carbonyl (C=O) groups excluding carboxylic acids is 1. The van der Waals surface area contributed by atoms with Crippen molar-refractivity contribution in [2.24, 2.45) is 5.92 Å². The maximum atomic E-state index is 13.2. The number of amides is 1. The van der Waals surface area contributed by atoms with Crippen molar-refractivity contribution < 1.29 is 19.1 Å². The summed E-state index contributed by atoms with van der Waals surface area (Å²) in [7, 11) is 0. The second kappa shape index (κ2) is 7.73. The molecule has 6 heteroatoms. The summed E-state index contributed by atoms with van der Waals surface area (Å²) in [5, 5.41) is 11.6. The lowest BCUT2D eigenvalue weighted by Crippen LogP contribution is -2.56. The van der Waals surface area contributed by atoms with Gasteiger partial charge in [0.2, 0.25) is 0 Å². The van der Waals surface area contributed by atoms with Gasteiger partial charge in [-0.2, -0.15) is 0 Å². The van der Waals surface area contributed by atoms with Crippen LogP contribution in [0.4, 0.5) is 0 Å². The molecule has 1 N–H and O–H groups in total. The fraction of sp³-hybridized carbons (Fsp3) is 0.583. The predicted octanol–water partition coefficient (Wildman–Crippen LogP) is 3.64. The number of fused-ring (bicyclic) bond motifs is 2. The quantitative estimate of drug-likeness (QED) is 0.777. The number of piperidine rings is 1. The highest BCUT2D eigenvalue weighted by Crippen LogP contribution is 2.40. The second-order valence-corrected chi connectivity index (χ2v) is 9.12. The van der Waals surface area contributed by atoms with Crippen molar-refractivity contribution in [3.8, 4) is 5.75 Å². The molecule has 1 saturated heterocycles. The van der Waals surface area contributed by atoms with E-state index in [1.165, 1.54) is 0 Å². The molecule has 6 nitrogen and oxygen atoms in total. The number of hydrogen-bond acceptors (Lipinski definition) is 5. The van der Waals surface area contributed by atoms with Gasteiger partial charge in [-0.3, -0.25) is 4.79 Å². The standard InChI is InChI=1S/C24H31NO5/c1-14-11-19(21-15(2)16(3)23(27)30-20(21)12-14)29-17(4)22(26)25-10-9-24(28)8-6-5-7-18(24)13-25/h11-12,17-18,28H,5-10,13H2,1-4H3/t17-,18-,24+/m0/s1. The van der Waals surface area contributed by atoms with Crippen molar-refractivity contribution >= 4 is 16.9 Å². The summed E-state index contributed by atoms with van der Waals surface area (Å²) in [5.41, 5.74) is 1.76. The number of benzene rings is 1. The van der Waals surface area contributed by atoms with E-state index in [0.717, 1.165) is 42.2 Å². The first-order valence-corrected chi connectivity index (χ1v) is 10.9. The van der Waals surface area contributed by atoms with E-state index in [1.807, 2.05) is 30.9 Å². The third kappa shape index (κ3) is 3.62. The van der Waals surface area contributed by atoms with E-state index in [2.05, 4.69) is 0 Å². The van der Waals surface area contributed by atoms with Crippen molar-refractivity contribution in [2.75, 3.05) is 13.1 Å². The first kappa shape index (κ1) is 20.9. The zero-order valence-corrected chi connectivity index (χ0v) is 18.3. The van der Waals surface area contributed by atoms with E-state index < -0.39 is 11.7 Å². The van der Waals surface area contributed by atoms with Gasteiger partial charge in [0, 0.05) is 24.6 Å². The third-order valence-electron chi connectivity index (χ3n) is 7.05. The van der Waals surface area contributed by atoms with Crippen molar-refractivity contribution in [3.05, 3.63) is 39.2 Å². The molecule has 0 radical (unpaired) electrons. The monoisotopic (exact) mass is 413 g/mol. The summed E-state index contributed by atoms with van der Waals surface area (Å²) in [6, 6.07) is 3.70. The second-order valence-electron chi connectivity index (χ2n) is 9.12. The summed E-state index contributed by atoms with van der Waals surface area (Å²) < 4.78 is 11.6. The Morgan fingerprint density at radius 1 is 1.23 bits per heavy atom. The van der Waals surface area contributed by atoms with Crippen LogP contribution in [0.2, 0.25) is 0 Å². The van der Waals surface area contributed by atoms with E-state index >= 15 is 0 Å². The van der Waals surface area contributed by atoms with Gasteiger partial charge in [0.1, 0.15) is 11.3 Å². The zero-order chi connectivity index (χ0) is 21.6. The van der Waals surface area contributed by atoms with Crippen LogP contribution in [0.5, 0.6) is 5.75 Å². The Kier molecular flexibility index (Phi) is 5.39. The maximum Gasteiger partial charge on any atom is 0.339 e. The highest BCUT2D eigenvalue weighted by atomic mass is 16.5. The zero-order valence-electron chi connectivity index (χ0n) is 18.3. The van der Waals surface area contributed by atoms with Gasteiger partial charge in [-0.15, -0.1) is 0 Å². The minimum atomic E-state index is -0.670. The Bertz CT molecular complexity index is 1040. The fourth-order valence-electron chi connectivity index (χ4n) is 5.05. The molecule has 2 fully saturated rings. The third-order valence-corrected chi connectivity index (χ3v) is 7.05. The van der Waals surface area contributed by atoms with Crippen LogP contribution in [0.3, 0.4) is 0 Å². The van der Waals surface area contributed by atoms with E-state index in [9.17, 15) is 14.7 Å². The molecule has 1 amide bonds. The predicted molar refractivity (Wildman–Crippen MR) is 115 cm³/mol. The van der Waals surface area contributed by atoms with Gasteiger partial charge in [-0.25, -0.2) is 4.79 Å². The lowest BCUT2D eigenvalue weighted by molar-refractivity contribution is -0.149. The molecule has 2 aromatic rings. The molecule has 30 heavy (non-hydrogen) atoms. The van der Waals surface area contributed by atoms with Gasteiger partial charge in [0.05, 0.1) is 11.0 Å². The van der Waals surface area contributed by atoms with Crippen LogP contribution < -0.4 is 10.4 Å². The number of likely N-dealkylation sites (tertiary alicyclic amines) is 1. The van der Waals surface area contributed by atoms with Gasteiger partial charge in [-0.1, -0.05) is 12.8 Å². The number of carbonyl (C=O) groups is 1. The Morgan fingerprint density at radius 2 is 2.00 bits per heavy atom. The van der Waals surface area contributed by atoms with Gasteiger partial charge in [-0.05, 0) is 70.2 Å². The Hall–Kier alpha value is -2.34. The summed E-state index contributed by atoms with van der Waals surface area (Å²) in [6.45, 7) is 8.42. The average Bonchev–Trinajstić information content (AvgIpc) is 2.70. The van der Waals surface area contributed by atoms with Crippen LogP contribution >= 0.6 is 0 Å². The van der Waals surface area contributed by atoms with Crippen molar-refractivity contribution in [3.63, 3.8) is 0 Å². The average molecular weight is 414 g/mol. The van der Waals surface area contributed by atoms with Gasteiger partial charge in [0.25, 0.3) is 5.91 Å². The minimum Gasteiger partial charge on any atom is -0.480 e. The first-order valence-electron chi connectivity index (χ1n) is 10.9. The highest BCUT2D eigenvalue weighted by molar-refractivity contribution is 5.89. The minimum absolute atomic E-state index is 0.0657. The molecule has 4 rings (SSSR count). The van der Waals surface area contributed by atoms with Crippen LogP contribution in [-0.2, 0) is 4.79 Å². The van der Waals surface area contributed by atoms with Crippen LogP contribution in [0.15, 0.2) is 21.3 Å². The summed E-state index contributed by atoms with van der Waals surface area (Å²) in [6.07, 6.45) is 3.94. The number of nitrogens with zero attached hydrogens (tertiary/aromatic N) is 1. The smallest absolute Gasteiger partial charge is 0.339 e. The molecule has 1 aromatic heterocycles. The van der Waals surface area contributed by atoms with E-state index in [1.54, 1.807) is 13.8 Å². The Labute approximate surface area is 176 Å². The van der Waals surface area contributed by atoms with Gasteiger partial charge in [0.15, 0.2) is 6.10 Å². The molecule has 0 spiro atoms. The largest absolute Gasteiger partial charge is 0.480 e. The van der Waals surface area contributed by atoms with Crippen LogP contribution in [0.25, 0.3) is 11.0 Å². The van der Waals surface area contributed by atoms with Crippen LogP contribution in [0, 0.1) is 26.7 Å². The first-order chi connectivity index (χ1) is 14.2. The van der Waals surface area contributed by atoms with Crippen molar-refractivity contribution in [2.45, 2.75) is 71.5 Å². The molecule has 1 aliphatic carbocycles. The van der Waals surface area contributed by atoms with Crippen LogP contribution in [-0.4, -0.2) is 40.7 Å².